The monoisotopic (exact) mass is 440 g/mol. The molecular weight excluding hydrogens is 404 g/mol. The minimum Gasteiger partial charge on any atom is -0.497 e. The minimum absolute atomic E-state index is 0.687. The molecule has 2 fully saturated rings. The first-order valence-electron chi connectivity index (χ1n) is 11.8. The van der Waals surface area contributed by atoms with E-state index in [4.69, 9.17) is 18.9 Å². The topological polar surface area (TPSA) is 62.5 Å². The lowest BCUT2D eigenvalue weighted by molar-refractivity contribution is 0.0315. The number of rotatable bonds is 9. The molecule has 0 saturated carbocycles. The van der Waals surface area contributed by atoms with Gasteiger partial charge in [-0.1, -0.05) is 12.1 Å². The van der Waals surface area contributed by atoms with E-state index in [-0.39, 0.29) is 0 Å². The largest absolute Gasteiger partial charge is 0.497 e. The van der Waals surface area contributed by atoms with Crippen LogP contribution in [0.2, 0.25) is 0 Å². The van der Waals surface area contributed by atoms with Crippen molar-refractivity contribution in [2.45, 2.75) is 19.3 Å². The summed E-state index contributed by atoms with van der Waals surface area (Å²) in [6.45, 7) is 8.70. The summed E-state index contributed by atoms with van der Waals surface area (Å²) in [4.78, 5) is 9.91. The predicted molar refractivity (Wildman–Crippen MR) is 126 cm³/mol. The molecule has 0 bridgehead atoms. The number of ether oxygens (including phenoxy) is 2. The van der Waals surface area contributed by atoms with E-state index in [0.717, 1.165) is 89.3 Å². The maximum absolute atomic E-state index is 5.50. The van der Waals surface area contributed by atoms with Gasteiger partial charge in [-0.3, -0.25) is 9.89 Å². The first kappa shape index (κ1) is 22.7. The third kappa shape index (κ3) is 6.74. The van der Waals surface area contributed by atoms with Crippen LogP contribution in [0.3, 0.4) is 0 Å². The van der Waals surface area contributed by atoms with Crippen molar-refractivity contribution in [3.05, 3.63) is 54.0 Å². The zero-order valence-corrected chi connectivity index (χ0v) is 19.2. The van der Waals surface area contributed by atoms with Gasteiger partial charge in [0.1, 0.15) is 11.5 Å². The molecule has 2 saturated heterocycles. The van der Waals surface area contributed by atoms with Gasteiger partial charge in [-0.25, -0.2) is 0 Å². The number of methoxy groups -OCH3 is 1. The average Bonchev–Trinajstić information content (AvgIpc) is 3.52. The molecule has 0 radical (unpaired) electrons. The van der Waals surface area contributed by atoms with Crippen LogP contribution in [0.5, 0.6) is 5.75 Å². The van der Waals surface area contributed by atoms with Crippen LogP contribution >= 0.6 is 0 Å². The van der Waals surface area contributed by atoms with Gasteiger partial charge in [-0.2, -0.15) is 0 Å². The van der Waals surface area contributed by atoms with E-state index in [2.05, 4.69) is 27.2 Å². The molecule has 0 aliphatic carbocycles. The number of aliphatic imine (C=N–C) groups is 1. The summed E-state index contributed by atoms with van der Waals surface area (Å²) in [5.41, 5.74) is 1.29. The fourth-order valence-electron chi connectivity index (χ4n) is 4.43. The molecule has 1 aromatic carbocycles. The van der Waals surface area contributed by atoms with Gasteiger partial charge < -0.3 is 24.1 Å². The zero-order valence-electron chi connectivity index (χ0n) is 19.2. The van der Waals surface area contributed by atoms with Crippen molar-refractivity contribution in [2.24, 2.45) is 10.9 Å². The first-order chi connectivity index (χ1) is 15.8. The summed E-state index contributed by atoms with van der Waals surface area (Å²) >= 11 is 0. The standard InChI is InChI=1S/C25H36N4O3/c1-30-23-6-4-21(5-7-23)8-11-26-25(27-12-9-24-3-2-16-32-24)29-13-10-22(20-29)19-28-14-17-31-18-15-28/h2-7,16,22H,8-15,17-20H2,1H3,(H,26,27). The number of hydrogen-bond acceptors (Lipinski definition) is 5. The number of benzene rings is 1. The van der Waals surface area contributed by atoms with Crippen LogP contribution in [0, 0.1) is 5.92 Å². The molecule has 3 heterocycles. The van der Waals surface area contributed by atoms with E-state index >= 15 is 0 Å². The van der Waals surface area contributed by atoms with Crippen LogP contribution in [0.4, 0.5) is 0 Å². The fraction of sp³-hybridized carbons (Fsp3) is 0.560. The Kier molecular flexibility index (Phi) is 8.45. The number of likely N-dealkylation sites (tertiary alicyclic amines) is 1. The number of guanidine groups is 1. The van der Waals surface area contributed by atoms with E-state index in [9.17, 15) is 0 Å². The van der Waals surface area contributed by atoms with Crippen LogP contribution in [-0.2, 0) is 17.6 Å². The second kappa shape index (κ2) is 11.9. The molecule has 2 aliphatic heterocycles. The molecule has 1 aromatic heterocycles. The van der Waals surface area contributed by atoms with Gasteiger partial charge >= 0.3 is 0 Å². The molecule has 174 valence electrons. The smallest absolute Gasteiger partial charge is 0.193 e. The quantitative estimate of drug-likeness (QED) is 0.478. The van der Waals surface area contributed by atoms with Crippen molar-refractivity contribution < 1.29 is 13.9 Å². The Labute approximate surface area is 191 Å². The van der Waals surface area contributed by atoms with Crippen molar-refractivity contribution in [3.8, 4) is 5.75 Å². The maximum atomic E-state index is 5.50. The number of nitrogens with zero attached hydrogens (tertiary/aromatic N) is 3. The third-order valence-electron chi connectivity index (χ3n) is 6.26. The van der Waals surface area contributed by atoms with Gasteiger partial charge in [0, 0.05) is 52.2 Å². The number of nitrogens with one attached hydrogen (secondary N) is 1. The summed E-state index contributed by atoms with van der Waals surface area (Å²) in [7, 11) is 1.70. The van der Waals surface area contributed by atoms with E-state index in [1.807, 2.05) is 24.3 Å². The summed E-state index contributed by atoms with van der Waals surface area (Å²) in [5.74, 6) is 3.59. The van der Waals surface area contributed by atoms with E-state index in [0.29, 0.717) is 5.92 Å². The Balaban J connectivity index is 1.31. The summed E-state index contributed by atoms with van der Waals surface area (Å²) < 4.78 is 16.2. The molecule has 1 unspecified atom stereocenters. The molecule has 2 aromatic rings. The van der Waals surface area contributed by atoms with Crippen molar-refractivity contribution >= 4 is 5.96 Å². The van der Waals surface area contributed by atoms with Crippen LogP contribution in [-0.4, -0.2) is 81.9 Å². The Morgan fingerprint density at radius 2 is 1.97 bits per heavy atom. The van der Waals surface area contributed by atoms with Crippen LogP contribution < -0.4 is 10.1 Å². The maximum Gasteiger partial charge on any atom is 0.193 e. The summed E-state index contributed by atoms with van der Waals surface area (Å²) in [6, 6.07) is 12.2. The van der Waals surface area contributed by atoms with Crippen LogP contribution in [0.15, 0.2) is 52.1 Å². The molecule has 0 amide bonds. The van der Waals surface area contributed by atoms with Gasteiger partial charge in [-0.05, 0) is 48.6 Å². The SMILES string of the molecule is COc1ccc(CCNC(=NCCc2ccco2)N2CCC(CN3CCOCC3)C2)cc1. The van der Waals surface area contributed by atoms with Gasteiger partial charge in [0.2, 0.25) is 0 Å². The number of furan rings is 1. The Hall–Kier alpha value is -2.51. The molecule has 0 spiro atoms. The Bertz CT molecular complexity index is 816. The molecular formula is C25H36N4O3. The molecule has 1 atom stereocenters. The lowest BCUT2D eigenvalue weighted by Gasteiger charge is -2.29. The summed E-state index contributed by atoms with van der Waals surface area (Å²) in [6.07, 6.45) is 4.71. The van der Waals surface area contributed by atoms with Crippen LogP contribution in [0.25, 0.3) is 0 Å². The number of hydrogen-bond donors (Lipinski definition) is 1. The zero-order chi connectivity index (χ0) is 22.0. The molecule has 4 rings (SSSR count). The van der Waals surface area contributed by atoms with Crippen molar-refractivity contribution in [2.75, 3.05) is 66.1 Å². The van der Waals surface area contributed by atoms with Gasteiger partial charge in [0.15, 0.2) is 5.96 Å². The van der Waals surface area contributed by atoms with E-state index in [1.54, 1.807) is 13.4 Å². The van der Waals surface area contributed by atoms with Crippen LogP contribution in [0.1, 0.15) is 17.7 Å². The Morgan fingerprint density at radius 1 is 1.12 bits per heavy atom. The first-order valence-corrected chi connectivity index (χ1v) is 11.8. The highest BCUT2D eigenvalue weighted by Crippen LogP contribution is 2.18. The van der Waals surface area contributed by atoms with Crippen molar-refractivity contribution in [1.29, 1.82) is 0 Å². The van der Waals surface area contributed by atoms with Crippen molar-refractivity contribution in [1.82, 2.24) is 15.1 Å². The van der Waals surface area contributed by atoms with Crippen molar-refractivity contribution in [3.63, 3.8) is 0 Å². The molecule has 7 heteroatoms. The highest BCUT2D eigenvalue weighted by Gasteiger charge is 2.27. The van der Waals surface area contributed by atoms with Gasteiger partial charge in [-0.15, -0.1) is 0 Å². The average molecular weight is 441 g/mol. The molecule has 2 aliphatic rings. The molecule has 7 nitrogen and oxygen atoms in total. The lowest BCUT2D eigenvalue weighted by atomic mass is 10.1. The summed E-state index contributed by atoms with van der Waals surface area (Å²) in [5, 5.41) is 3.62. The van der Waals surface area contributed by atoms with E-state index in [1.165, 1.54) is 12.0 Å². The molecule has 1 N–H and O–H groups in total. The lowest BCUT2D eigenvalue weighted by Crippen LogP contribution is -2.43. The second-order valence-corrected chi connectivity index (χ2v) is 8.57. The highest BCUT2D eigenvalue weighted by molar-refractivity contribution is 5.80. The number of morpholine rings is 1. The van der Waals surface area contributed by atoms with Gasteiger partial charge in [0.05, 0.1) is 26.6 Å². The molecule has 32 heavy (non-hydrogen) atoms. The second-order valence-electron chi connectivity index (χ2n) is 8.57. The highest BCUT2D eigenvalue weighted by atomic mass is 16.5. The Morgan fingerprint density at radius 3 is 2.72 bits per heavy atom. The normalized spacial score (nSPS) is 20.0. The fourth-order valence-corrected chi connectivity index (χ4v) is 4.43. The minimum atomic E-state index is 0.687. The third-order valence-corrected chi connectivity index (χ3v) is 6.26. The predicted octanol–water partition coefficient (Wildman–Crippen LogP) is 2.67. The van der Waals surface area contributed by atoms with E-state index < -0.39 is 0 Å². The van der Waals surface area contributed by atoms with Gasteiger partial charge in [0.25, 0.3) is 0 Å².